The van der Waals surface area contributed by atoms with Crippen LogP contribution in [0.5, 0.6) is 0 Å². The van der Waals surface area contributed by atoms with Crippen LogP contribution in [0.3, 0.4) is 0 Å². The third-order valence-electron chi connectivity index (χ3n) is 3.43. The lowest BCUT2D eigenvalue weighted by molar-refractivity contribution is 0.558. The molecule has 0 heterocycles. The average molecular weight is 266 g/mol. The van der Waals surface area contributed by atoms with Gasteiger partial charge in [0.2, 0.25) is 0 Å². The molecule has 0 aliphatic carbocycles. The molecule has 0 radical (unpaired) electrons. The summed E-state index contributed by atoms with van der Waals surface area (Å²) in [6.45, 7) is 12.6. The molecule has 0 aromatic heterocycles. The molecular formula is C16H27FN2. The molecule has 1 aromatic carbocycles. The summed E-state index contributed by atoms with van der Waals surface area (Å²) in [4.78, 5) is 2.30. The summed E-state index contributed by atoms with van der Waals surface area (Å²) < 4.78 is 13.6. The molecule has 1 aromatic rings. The molecule has 3 heteroatoms. The smallest absolute Gasteiger partial charge is 0.123 e. The lowest BCUT2D eigenvalue weighted by Crippen LogP contribution is -2.32. The summed E-state index contributed by atoms with van der Waals surface area (Å²) in [5, 5.41) is 3.44. The maximum atomic E-state index is 13.6. The van der Waals surface area contributed by atoms with E-state index in [9.17, 15) is 4.39 Å². The minimum absolute atomic E-state index is 0.163. The van der Waals surface area contributed by atoms with E-state index in [4.69, 9.17) is 0 Å². The number of nitrogens with zero attached hydrogens (tertiary/aromatic N) is 1. The quantitative estimate of drug-likeness (QED) is 0.798. The van der Waals surface area contributed by atoms with Gasteiger partial charge >= 0.3 is 0 Å². The number of anilines is 1. The van der Waals surface area contributed by atoms with Crippen molar-refractivity contribution in [3.63, 3.8) is 0 Å². The Hall–Kier alpha value is -1.09. The third kappa shape index (κ3) is 4.20. The molecule has 1 rings (SSSR count). The first-order chi connectivity index (χ1) is 9.01. The van der Waals surface area contributed by atoms with Crippen molar-refractivity contribution in [3.8, 4) is 0 Å². The van der Waals surface area contributed by atoms with Gasteiger partial charge in [0.25, 0.3) is 0 Å². The van der Waals surface area contributed by atoms with Crippen molar-refractivity contribution in [2.24, 2.45) is 0 Å². The number of hydrogen-bond acceptors (Lipinski definition) is 2. The van der Waals surface area contributed by atoms with E-state index in [1.165, 1.54) is 0 Å². The molecule has 1 atom stereocenters. The molecule has 0 saturated carbocycles. The standard InChI is InChI=1S/C16H27FN2/c1-6-10-18-13(5)15-11-14(17)8-9-16(15)19(7-2)12(3)4/h8-9,11-13,18H,6-7,10H2,1-5H3. The van der Waals surface area contributed by atoms with Crippen molar-refractivity contribution in [1.29, 1.82) is 0 Å². The van der Waals surface area contributed by atoms with Crippen molar-refractivity contribution >= 4 is 5.69 Å². The summed E-state index contributed by atoms with van der Waals surface area (Å²) in [5.74, 6) is -0.163. The Morgan fingerprint density at radius 2 is 1.89 bits per heavy atom. The van der Waals surface area contributed by atoms with Gasteiger partial charge in [0.15, 0.2) is 0 Å². The van der Waals surface area contributed by atoms with E-state index in [0.717, 1.165) is 30.8 Å². The van der Waals surface area contributed by atoms with Crippen molar-refractivity contribution < 1.29 is 4.39 Å². The SMILES string of the molecule is CCCNC(C)c1cc(F)ccc1N(CC)C(C)C. The fourth-order valence-electron chi connectivity index (χ4n) is 2.42. The topological polar surface area (TPSA) is 15.3 Å². The Balaban J connectivity index is 3.09. The molecule has 19 heavy (non-hydrogen) atoms. The summed E-state index contributed by atoms with van der Waals surface area (Å²) in [7, 11) is 0. The Morgan fingerprint density at radius 1 is 1.21 bits per heavy atom. The largest absolute Gasteiger partial charge is 0.369 e. The monoisotopic (exact) mass is 266 g/mol. The normalized spacial score (nSPS) is 12.8. The summed E-state index contributed by atoms with van der Waals surface area (Å²) in [6.07, 6.45) is 1.08. The van der Waals surface area contributed by atoms with Gasteiger partial charge < -0.3 is 10.2 Å². The Kier molecular flexibility index (Phi) is 6.29. The van der Waals surface area contributed by atoms with E-state index >= 15 is 0 Å². The predicted molar refractivity (Wildman–Crippen MR) is 81.3 cm³/mol. The maximum Gasteiger partial charge on any atom is 0.123 e. The van der Waals surface area contributed by atoms with Gasteiger partial charge in [0.05, 0.1) is 0 Å². The van der Waals surface area contributed by atoms with Crippen LogP contribution >= 0.6 is 0 Å². The number of nitrogens with one attached hydrogen (secondary N) is 1. The molecule has 0 amide bonds. The van der Waals surface area contributed by atoms with Gasteiger partial charge in [0, 0.05) is 24.3 Å². The van der Waals surface area contributed by atoms with Crippen molar-refractivity contribution in [3.05, 3.63) is 29.6 Å². The van der Waals surface area contributed by atoms with Crippen LogP contribution in [0.15, 0.2) is 18.2 Å². The molecule has 2 nitrogen and oxygen atoms in total. The summed E-state index contributed by atoms with van der Waals surface area (Å²) in [5.41, 5.74) is 2.18. The first-order valence-electron chi connectivity index (χ1n) is 7.30. The molecule has 0 fully saturated rings. The second kappa shape index (κ2) is 7.49. The van der Waals surface area contributed by atoms with E-state index in [0.29, 0.717) is 6.04 Å². The Morgan fingerprint density at radius 3 is 2.42 bits per heavy atom. The minimum atomic E-state index is -0.163. The van der Waals surface area contributed by atoms with Gasteiger partial charge in [-0.25, -0.2) is 4.39 Å². The van der Waals surface area contributed by atoms with Crippen LogP contribution in [0, 0.1) is 5.82 Å². The molecule has 0 bridgehead atoms. The van der Waals surface area contributed by atoms with Crippen LogP contribution < -0.4 is 10.2 Å². The van der Waals surface area contributed by atoms with Gasteiger partial charge in [-0.1, -0.05) is 6.92 Å². The minimum Gasteiger partial charge on any atom is -0.369 e. The molecule has 108 valence electrons. The fraction of sp³-hybridized carbons (Fsp3) is 0.625. The lowest BCUT2D eigenvalue weighted by Gasteiger charge is -2.31. The highest BCUT2D eigenvalue weighted by molar-refractivity contribution is 5.55. The van der Waals surface area contributed by atoms with E-state index in [1.807, 2.05) is 6.07 Å². The number of rotatable bonds is 7. The van der Waals surface area contributed by atoms with Crippen LogP contribution in [0.25, 0.3) is 0 Å². The van der Waals surface area contributed by atoms with E-state index in [2.05, 4.69) is 44.8 Å². The van der Waals surface area contributed by atoms with E-state index < -0.39 is 0 Å². The van der Waals surface area contributed by atoms with Crippen LogP contribution in [0.2, 0.25) is 0 Å². The number of benzene rings is 1. The lowest BCUT2D eigenvalue weighted by atomic mass is 10.0. The van der Waals surface area contributed by atoms with E-state index in [1.54, 1.807) is 12.1 Å². The highest BCUT2D eigenvalue weighted by Gasteiger charge is 2.17. The van der Waals surface area contributed by atoms with Crippen LogP contribution in [-0.2, 0) is 0 Å². The third-order valence-corrected chi connectivity index (χ3v) is 3.43. The predicted octanol–water partition coefficient (Wildman–Crippen LogP) is 4.12. The molecular weight excluding hydrogens is 239 g/mol. The zero-order chi connectivity index (χ0) is 14.4. The maximum absolute atomic E-state index is 13.6. The average Bonchev–Trinajstić information content (AvgIpc) is 2.38. The summed E-state index contributed by atoms with van der Waals surface area (Å²) in [6, 6.07) is 5.69. The van der Waals surface area contributed by atoms with Crippen molar-refractivity contribution in [2.45, 2.75) is 53.1 Å². The second-order valence-corrected chi connectivity index (χ2v) is 5.26. The molecule has 0 aliphatic heterocycles. The van der Waals surface area contributed by atoms with Crippen LogP contribution in [0.1, 0.15) is 52.6 Å². The summed E-state index contributed by atoms with van der Waals surface area (Å²) >= 11 is 0. The van der Waals surface area contributed by atoms with E-state index in [-0.39, 0.29) is 11.9 Å². The van der Waals surface area contributed by atoms with Gasteiger partial charge in [-0.15, -0.1) is 0 Å². The highest BCUT2D eigenvalue weighted by Crippen LogP contribution is 2.28. The van der Waals surface area contributed by atoms with Gasteiger partial charge in [0.1, 0.15) is 5.82 Å². The van der Waals surface area contributed by atoms with Gasteiger partial charge in [-0.2, -0.15) is 0 Å². The zero-order valence-electron chi connectivity index (χ0n) is 12.8. The Bertz CT molecular complexity index is 390. The Labute approximate surface area is 117 Å². The van der Waals surface area contributed by atoms with Gasteiger partial charge in [-0.05, 0) is 64.4 Å². The van der Waals surface area contributed by atoms with Crippen LogP contribution in [-0.4, -0.2) is 19.1 Å². The highest BCUT2D eigenvalue weighted by atomic mass is 19.1. The van der Waals surface area contributed by atoms with Crippen molar-refractivity contribution in [2.75, 3.05) is 18.0 Å². The molecule has 1 unspecified atom stereocenters. The molecule has 0 saturated heterocycles. The van der Waals surface area contributed by atoms with Gasteiger partial charge in [-0.3, -0.25) is 0 Å². The first-order valence-corrected chi connectivity index (χ1v) is 7.30. The number of halogens is 1. The fourth-order valence-corrected chi connectivity index (χ4v) is 2.42. The molecule has 0 spiro atoms. The number of hydrogen-bond donors (Lipinski definition) is 1. The first kappa shape index (κ1) is 16.0. The van der Waals surface area contributed by atoms with Crippen LogP contribution in [0.4, 0.5) is 10.1 Å². The second-order valence-electron chi connectivity index (χ2n) is 5.26. The van der Waals surface area contributed by atoms with Crippen molar-refractivity contribution in [1.82, 2.24) is 5.32 Å². The zero-order valence-corrected chi connectivity index (χ0v) is 12.8. The molecule has 0 aliphatic rings. The molecule has 1 N–H and O–H groups in total.